The maximum Gasteiger partial charge on any atom is 0.188 e. The summed E-state index contributed by atoms with van der Waals surface area (Å²) in [4.78, 5) is 11.1. The molecule has 0 aromatic rings. The first kappa shape index (κ1) is 13.0. The lowest BCUT2D eigenvalue weighted by molar-refractivity contribution is -0.114. The normalized spacial score (nSPS) is 12.8. The van der Waals surface area contributed by atoms with E-state index in [0.29, 0.717) is 0 Å². The molecule has 0 spiro atoms. The Labute approximate surface area is 87.7 Å². The van der Waals surface area contributed by atoms with Crippen LogP contribution >= 0.6 is 12.6 Å². The number of thiol groups is 1. The molecule has 1 nitrogen and oxygen atoms in total. The molecule has 0 bridgehead atoms. The molecular formula is C11H22OS. The minimum atomic E-state index is 0.0818. The molecule has 1 unspecified atom stereocenters. The number of hydrogen-bond donors (Lipinski definition) is 1. The molecular weight excluding hydrogens is 180 g/mol. The van der Waals surface area contributed by atoms with Gasteiger partial charge in [-0.05, 0) is 12.8 Å². The van der Waals surface area contributed by atoms with E-state index in [1.165, 1.54) is 25.7 Å². The van der Waals surface area contributed by atoms with E-state index in [0.717, 1.165) is 19.3 Å². The molecule has 0 aliphatic rings. The van der Waals surface area contributed by atoms with Gasteiger partial charge in [0.1, 0.15) is 0 Å². The van der Waals surface area contributed by atoms with Crippen LogP contribution < -0.4 is 0 Å². The Morgan fingerprint density at radius 2 is 1.77 bits per heavy atom. The third kappa shape index (κ3) is 7.12. The smallest absolute Gasteiger partial charge is 0.188 e. The lowest BCUT2D eigenvalue weighted by atomic mass is 9.97. The number of hydrogen-bond acceptors (Lipinski definition) is 1. The Hall–Kier alpha value is 0.0200. The highest BCUT2D eigenvalue weighted by molar-refractivity contribution is 7.96. The molecule has 0 amide bonds. The minimum Gasteiger partial charge on any atom is -0.287 e. The molecule has 0 aliphatic carbocycles. The van der Waals surface area contributed by atoms with Crippen molar-refractivity contribution < 1.29 is 4.79 Å². The molecule has 2 heteroatoms. The Bertz CT molecular complexity index is 134. The molecule has 0 heterocycles. The molecule has 0 aromatic carbocycles. The SMILES string of the molecule is CCCCCCC(CCC)C(=O)S. The molecule has 1 atom stereocenters. The lowest BCUT2D eigenvalue weighted by Crippen LogP contribution is -2.08. The van der Waals surface area contributed by atoms with Gasteiger partial charge in [0.25, 0.3) is 0 Å². The summed E-state index contributed by atoms with van der Waals surface area (Å²) in [6, 6.07) is 0. The molecule has 0 aliphatic heterocycles. The second-order valence-corrected chi connectivity index (χ2v) is 4.11. The molecule has 13 heavy (non-hydrogen) atoms. The van der Waals surface area contributed by atoms with E-state index in [1.54, 1.807) is 0 Å². The number of carbonyl (C=O) groups is 1. The zero-order valence-corrected chi connectivity index (χ0v) is 9.78. The summed E-state index contributed by atoms with van der Waals surface area (Å²) in [5, 5.41) is 0.0818. The average Bonchev–Trinajstić information content (AvgIpc) is 2.10. The summed E-state index contributed by atoms with van der Waals surface area (Å²) in [6.45, 7) is 4.32. The van der Waals surface area contributed by atoms with Gasteiger partial charge >= 0.3 is 0 Å². The van der Waals surface area contributed by atoms with Gasteiger partial charge in [0.2, 0.25) is 0 Å². The van der Waals surface area contributed by atoms with Gasteiger partial charge in [0, 0.05) is 5.92 Å². The van der Waals surface area contributed by atoms with Gasteiger partial charge < -0.3 is 0 Å². The second kappa shape index (κ2) is 8.61. The molecule has 0 aromatic heterocycles. The summed E-state index contributed by atoms with van der Waals surface area (Å²) in [7, 11) is 0. The monoisotopic (exact) mass is 202 g/mol. The zero-order chi connectivity index (χ0) is 10.1. The van der Waals surface area contributed by atoms with Crippen molar-refractivity contribution in [2.45, 2.75) is 58.8 Å². The van der Waals surface area contributed by atoms with Gasteiger partial charge in [-0.3, -0.25) is 4.79 Å². The van der Waals surface area contributed by atoms with Crippen molar-refractivity contribution in [3.8, 4) is 0 Å². The first-order valence-corrected chi connectivity index (χ1v) is 5.89. The van der Waals surface area contributed by atoms with Gasteiger partial charge in [-0.25, -0.2) is 0 Å². The van der Waals surface area contributed by atoms with Gasteiger partial charge in [0.05, 0.1) is 0 Å². The quantitative estimate of drug-likeness (QED) is 0.467. The van der Waals surface area contributed by atoms with Crippen LogP contribution in [0.5, 0.6) is 0 Å². The number of carbonyl (C=O) groups excluding carboxylic acids is 1. The van der Waals surface area contributed by atoms with Crippen molar-refractivity contribution in [2.24, 2.45) is 5.92 Å². The van der Waals surface area contributed by atoms with Gasteiger partial charge in [-0.15, -0.1) is 12.6 Å². The van der Waals surface area contributed by atoms with Crippen molar-refractivity contribution in [1.82, 2.24) is 0 Å². The predicted octanol–water partition coefficient (Wildman–Crippen LogP) is 3.83. The third-order valence-electron chi connectivity index (χ3n) is 2.39. The van der Waals surface area contributed by atoms with Crippen LogP contribution in [0.4, 0.5) is 0 Å². The van der Waals surface area contributed by atoms with E-state index in [2.05, 4.69) is 26.5 Å². The first-order chi connectivity index (χ1) is 6.22. The largest absolute Gasteiger partial charge is 0.287 e. The fraction of sp³-hybridized carbons (Fsp3) is 0.909. The van der Waals surface area contributed by atoms with E-state index < -0.39 is 0 Å². The molecule has 0 rings (SSSR count). The Morgan fingerprint density at radius 3 is 2.23 bits per heavy atom. The van der Waals surface area contributed by atoms with Crippen LogP contribution in [-0.2, 0) is 4.79 Å². The van der Waals surface area contributed by atoms with Crippen molar-refractivity contribution in [2.75, 3.05) is 0 Å². The van der Waals surface area contributed by atoms with Gasteiger partial charge in [-0.2, -0.15) is 0 Å². The highest BCUT2D eigenvalue weighted by Crippen LogP contribution is 2.18. The van der Waals surface area contributed by atoms with Crippen molar-refractivity contribution in [3.05, 3.63) is 0 Å². The van der Waals surface area contributed by atoms with Crippen molar-refractivity contribution >= 4 is 17.7 Å². The van der Waals surface area contributed by atoms with Gasteiger partial charge in [0.15, 0.2) is 5.12 Å². The fourth-order valence-corrected chi connectivity index (χ4v) is 1.82. The Kier molecular flexibility index (Phi) is 8.62. The highest BCUT2D eigenvalue weighted by Gasteiger charge is 2.12. The van der Waals surface area contributed by atoms with Crippen LogP contribution in [0.3, 0.4) is 0 Å². The minimum absolute atomic E-state index is 0.0818. The van der Waals surface area contributed by atoms with E-state index in [1.807, 2.05) is 0 Å². The molecule has 78 valence electrons. The van der Waals surface area contributed by atoms with E-state index in [9.17, 15) is 4.79 Å². The maximum absolute atomic E-state index is 11.1. The topological polar surface area (TPSA) is 17.1 Å². The van der Waals surface area contributed by atoms with Crippen molar-refractivity contribution in [3.63, 3.8) is 0 Å². The third-order valence-corrected chi connectivity index (χ3v) is 2.76. The predicted molar refractivity (Wildman–Crippen MR) is 61.2 cm³/mol. The molecule has 0 saturated carbocycles. The molecule has 0 saturated heterocycles. The fourth-order valence-electron chi connectivity index (χ4n) is 1.56. The summed E-state index contributed by atoms with van der Waals surface area (Å²) >= 11 is 3.91. The molecule has 0 radical (unpaired) electrons. The molecule has 0 N–H and O–H groups in total. The average molecular weight is 202 g/mol. The van der Waals surface area contributed by atoms with Crippen LogP contribution in [0.1, 0.15) is 58.8 Å². The van der Waals surface area contributed by atoms with Crippen LogP contribution in [0.25, 0.3) is 0 Å². The van der Waals surface area contributed by atoms with Crippen LogP contribution in [0.15, 0.2) is 0 Å². The summed E-state index contributed by atoms with van der Waals surface area (Å²) in [5.41, 5.74) is 0. The number of unbranched alkanes of at least 4 members (excludes halogenated alkanes) is 3. The Morgan fingerprint density at radius 1 is 1.08 bits per heavy atom. The summed E-state index contributed by atoms with van der Waals surface area (Å²) in [6.07, 6.45) is 8.13. The highest BCUT2D eigenvalue weighted by atomic mass is 32.1. The van der Waals surface area contributed by atoms with Gasteiger partial charge in [-0.1, -0.05) is 46.0 Å². The lowest BCUT2D eigenvalue weighted by Gasteiger charge is -2.10. The van der Waals surface area contributed by atoms with Crippen molar-refractivity contribution in [1.29, 1.82) is 0 Å². The zero-order valence-electron chi connectivity index (χ0n) is 8.88. The first-order valence-electron chi connectivity index (χ1n) is 5.45. The van der Waals surface area contributed by atoms with Crippen LogP contribution in [0.2, 0.25) is 0 Å². The Balaban J connectivity index is 3.51. The maximum atomic E-state index is 11.1. The standard InChI is InChI=1S/C11H22OS/c1-3-5-6-7-9-10(8-4-2)11(12)13/h10H,3-9H2,1-2H3,(H,12,13). The van der Waals surface area contributed by atoms with Crippen LogP contribution in [0, 0.1) is 5.92 Å². The summed E-state index contributed by atoms with van der Waals surface area (Å²) in [5.74, 6) is 0.213. The molecule has 0 fully saturated rings. The number of rotatable bonds is 8. The van der Waals surface area contributed by atoms with E-state index in [-0.39, 0.29) is 11.0 Å². The van der Waals surface area contributed by atoms with E-state index in [4.69, 9.17) is 0 Å². The summed E-state index contributed by atoms with van der Waals surface area (Å²) < 4.78 is 0. The van der Waals surface area contributed by atoms with Crippen LogP contribution in [-0.4, -0.2) is 5.12 Å². The van der Waals surface area contributed by atoms with E-state index >= 15 is 0 Å². The second-order valence-electron chi connectivity index (χ2n) is 3.67.